The van der Waals surface area contributed by atoms with E-state index in [1.54, 1.807) is 25.5 Å². The SMILES string of the molecule is COc1cc2occ(-c3ccc(C)cc3C)c2cc1/C(C)=C/C(=O)Nc1ccccc1F. The number of furan rings is 1. The second-order valence-corrected chi connectivity index (χ2v) is 7.81. The first-order valence-corrected chi connectivity index (χ1v) is 10.3. The molecule has 32 heavy (non-hydrogen) atoms. The predicted molar refractivity (Wildman–Crippen MR) is 126 cm³/mol. The van der Waals surface area contributed by atoms with Crippen LogP contribution >= 0.6 is 0 Å². The fourth-order valence-corrected chi connectivity index (χ4v) is 3.86. The Bertz CT molecular complexity index is 1350. The van der Waals surface area contributed by atoms with Crippen LogP contribution < -0.4 is 10.1 Å². The summed E-state index contributed by atoms with van der Waals surface area (Å²) in [5, 5.41) is 3.51. The molecular formula is C27H24FNO3. The molecule has 0 bridgehead atoms. The van der Waals surface area contributed by atoms with Crippen LogP contribution in [0.25, 0.3) is 27.7 Å². The zero-order chi connectivity index (χ0) is 22.8. The number of hydrogen-bond donors (Lipinski definition) is 1. The van der Waals surface area contributed by atoms with Crippen LogP contribution in [0.2, 0.25) is 0 Å². The number of benzene rings is 3. The molecule has 4 rings (SSSR count). The van der Waals surface area contributed by atoms with E-state index in [1.165, 1.54) is 23.8 Å². The smallest absolute Gasteiger partial charge is 0.248 e. The van der Waals surface area contributed by atoms with Crippen molar-refractivity contribution in [2.75, 3.05) is 12.4 Å². The predicted octanol–water partition coefficient (Wildman–Crippen LogP) is 6.91. The van der Waals surface area contributed by atoms with Gasteiger partial charge >= 0.3 is 0 Å². The molecule has 0 saturated heterocycles. The molecule has 3 aromatic carbocycles. The van der Waals surface area contributed by atoms with Crippen LogP contribution in [0.4, 0.5) is 10.1 Å². The van der Waals surface area contributed by atoms with Gasteiger partial charge in [-0.25, -0.2) is 4.39 Å². The zero-order valence-electron chi connectivity index (χ0n) is 18.5. The molecule has 4 aromatic rings. The highest BCUT2D eigenvalue weighted by atomic mass is 19.1. The first kappa shape index (κ1) is 21.4. The van der Waals surface area contributed by atoms with Gasteiger partial charge in [0, 0.05) is 28.7 Å². The van der Waals surface area contributed by atoms with Crippen LogP contribution in [-0.2, 0) is 4.79 Å². The van der Waals surface area contributed by atoms with Gasteiger partial charge in [-0.1, -0.05) is 35.9 Å². The van der Waals surface area contributed by atoms with Crippen molar-refractivity contribution in [1.29, 1.82) is 0 Å². The number of halogens is 1. The molecule has 0 atom stereocenters. The van der Waals surface area contributed by atoms with Gasteiger partial charge in [0.2, 0.25) is 5.91 Å². The highest BCUT2D eigenvalue weighted by molar-refractivity contribution is 6.05. The largest absolute Gasteiger partial charge is 0.496 e. The second-order valence-electron chi connectivity index (χ2n) is 7.81. The summed E-state index contributed by atoms with van der Waals surface area (Å²) >= 11 is 0. The van der Waals surface area contributed by atoms with Crippen molar-refractivity contribution < 1.29 is 18.3 Å². The maximum atomic E-state index is 13.9. The molecule has 0 aliphatic heterocycles. The highest BCUT2D eigenvalue weighted by Crippen LogP contribution is 2.38. The third-order valence-electron chi connectivity index (χ3n) is 5.47. The van der Waals surface area contributed by atoms with Crippen molar-refractivity contribution in [3.8, 4) is 16.9 Å². The fourth-order valence-electron chi connectivity index (χ4n) is 3.86. The molecule has 5 heteroatoms. The molecule has 0 radical (unpaired) electrons. The lowest BCUT2D eigenvalue weighted by Gasteiger charge is -2.11. The normalized spacial score (nSPS) is 11.6. The third-order valence-corrected chi connectivity index (χ3v) is 5.47. The first-order valence-electron chi connectivity index (χ1n) is 10.3. The van der Waals surface area contributed by atoms with E-state index < -0.39 is 11.7 Å². The summed E-state index contributed by atoms with van der Waals surface area (Å²) in [6.07, 6.45) is 3.18. The van der Waals surface area contributed by atoms with Crippen LogP contribution in [0.15, 0.2) is 71.4 Å². The van der Waals surface area contributed by atoms with Gasteiger partial charge in [0.15, 0.2) is 0 Å². The summed E-state index contributed by atoms with van der Waals surface area (Å²) in [7, 11) is 1.57. The van der Waals surface area contributed by atoms with Gasteiger partial charge < -0.3 is 14.5 Å². The average Bonchev–Trinajstić information content (AvgIpc) is 3.17. The number of amides is 1. The summed E-state index contributed by atoms with van der Waals surface area (Å²) < 4.78 is 25.2. The summed E-state index contributed by atoms with van der Waals surface area (Å²) in [5.41, 5.74) is 6.69. The second kappa shape index (κ2) is 8.71. The number of anilines is 1. The summed E-state index contributed by atoms with van der Waals surface area (Å²) in [6, 6.07) is 16.1. The Hall–Kier alpha value is -3.86. The Morgan fingerprint density at radius 2 is 1.84 bits per heavy atom. The fraction of sp³-hybridized carbons (Fsp3) is 0.148. The van der Waals surface area contributed by atoms with E-state index in [9.17, 15) is 9.18 Å². The average molecular weight is 429 g/mol. The molecule has 1 N–H and O–H groups in total. The van der Waals surface area contributed by atoms with Crippen molar-refractivity contribution in [2.24, 2.45) is 0 Å². The van der Waals surface area contributed by atoms with E-state index in [0.717, 1.165) is 27.6 Å². The van der Waals surface area contributed by atoms with Crippen molar-refractivity contribution in [3.05, 3.63) is 89.4 Å². The van der Waals surface area contributed by atoms with Crippen LogP contribution in [0, 0.1) is 19.7 Å². The monoisotopic (exact) mass is 429 g/mol. The molecule has 1 heterocycles. The first-order chi connectivity index (χ1) is 15.4. The van der Waals surface area contributed by atoms with Gasteiger partial charge in [-0.3, -0.25) is 4.79 Å². The standard InChI is InChI=1S/C27H24FNO3/c1-16-9-10-19(17(2)11-16)22-15-32-26-14-25(31-4)20(13-21(22)26)18(3)12-27(30)29-24-8-6-5-7-23(24)28/h5-15H,1-4H3,(H,29,30)/b18-12+. The number of methoxy groups -OCH3 is 1. The van der Waals surface area contributed by atoms with Gasteiger partial charge in [-0.05, 0) is 55.7 Å². The maximum absolute atomic E-state index is 13.9. The number of fused-ring (bicyclic) bond motifs is 1. The quantitative estimate of drug-likeness (QED) is 0.351. The third kappa shape index (κ3) is 4.14. The van der Waals surface area contributed by atoms with E-state index >= 15 is 0 Å². The topological polar surface area (TPSA) is 51.5 Å². The lowest BCUT2D eigenvalue weighted by molar-refractivity contribution is -0.111. The Morgan fingerprint density at radius 1 is 1.06 bits per heavy atom. The van der Waals surface area contributed by atoms with Crippen LogP contribution in [0.3, 0.4) is 0 Å². The lowest BCUT2D eigenvalue weighted by Crippen LogP contribution is -2.10. The number of carbonyl (C=O) groups is 1. The minimum atomic E-state index is -0.484. The number of hydrogen-bond acceptors (Lipinski definition) is 3. The summed E-state index contributed by atoms with van der Waals surface area (Å²) in [5.74, 6) is -0.314. The highest BCUT2D eigenvalue weighted by Gasteiger charge is 2.16. The van der Waals surface area contributed by atoms with E-state index in [0.29, 0.717) is 16.9 Å². The number of allylic oxidation sites excluding steroid dienone is 1. The molecule has 0 aliphatic carbocycles. The molecule has 0 saturated carbocycles. The van der Waals surface area contributed by atoms with Crippen molar-refractivity contribution >= 4 is 28.1 Å². The van der Waals surface area contributed by atoms with E-state index in [4.69, 9.17) is 9.15 Å². The molecule has 0 fully saturated rings. The molecule has 162 valence electrons. The van der Waals surface area contributed by atoms with E-state index in [1.807, 2.05) is 19.1 Å². The number of para-hydroxylation sites is 1. The molecule has 0 aliphatic rings. The molecular weight excluding hydrogens is 405 g/mol. The van der Waals surface area contributed by atoms with Gasteiger partial charge in [-0.2, -0.15) is 0 Å². The Labute approximate surface area is 186 Å². The van der Waals surface area contributed by atoms with Gasteiger partial charge in [0.05, 0.1) is 19.1 Å². The minimum Gasteiger partial charge on any atom is -0.496 e. The lowest BCUT2D eigenvalue weighted by atomic mass is 9.96. The number of carbonyl (C=O) groups excluding carboxylic acids is 1. The number of ether oxygens (including phenoxy) is 1. The molecule has 1 amide bonds. The number of aryl methyl sites for hydroxylation is 2. The minimum absolute atomic E-state index is 0.135. The van der Waals surface area contributed by atoms with Crippen molar-refractivity contribution in [2.45, 2.75) is 20.8 Å². The Kier molecular flexibility index (Phi) is 5.82. The Balaban J connectivity index is 1.75. The van der Waals surface area contributed by atoms with Gasteiger partial charge in [-0.15, -0.1) is 0 Å². The molecule has 0 unspecified atom stereocenters. The molecule has 4 nitrogen and oxygen atoms in total. The van der Waals surface area contributed by atoms with Crippen molar-refractivity contribution in [3.63, 3.8) is 0 Å². The molecule has 1 aromatic heterocycles. The van der Waals surface area contributed by atoms with E-state index in [2.05, 4.69) is 37.4 Å². The van der Waals surface area contributed by atoms with Gasteiger partial charge in [0.1, 0.15) is 17.1 Å². The Morgan fingerprint density at radius 3 is 2.56 bits per heavy atom. The van der Waals surface area contributed by atoms with E-state index in [-0.39, 0.29) is 5.69 Å². The number of nitrogens with one attached hydrogen (secondary N) is 1. The summed E-state index contributed by atoms with van der Waals surface area (Å²) in [4.78, 5) is 12.5. The molecule has 0 spiro atoms. The van der Waals surface area contributed by atoms with Gasteiger partial charge in [0.25, 0.3) is 0 Å². The van der Waals surface area contributed by atoms with Crippen LogP contribution in [-0.4, -0.2) is 13.0 Å². The van der Waals surface area contributed by atoms with Crippen molar-refractivity contribution in [1.82, 2.24) is 0 Å². The van der Waals surface area contributed by atoms with Crippen LogP contribution in [0.5, 0.6) is 5.75 Å². The number of rotatable bonds is 5. The van der Waals surface area contributed by atoms with Crippen LogP contribution in [0.1, 0.15) is 23.6 Å². The maximum Gasteiger partial charge on any atom is 0.248 e. The zero-order valence-corrected chi connectivity index (χ0v) is 18.5. The summed E-state index contributed by atoms with van der Waals surface area (Å²) in [6.45, 7) is 5.96.